The fourth-order valence-corrected chi connectivity index (χ4v) is 3.68. The molecule has 1 atom stereocenters. The number of benzene rings is 3. The van der Waals surface area contributed by atoms with Gasteiger partial charge in [0.2, 0.25) is 0 Å². The van der Waals surface area contributed by atoms with Gasteiger partial charge in [0.15, 0.2) is 0 Å². The van der Waals surface area contributed by atoms with Gasteiger partial charge in [-0.05, 0) is 48.0 Å². The third-order valence-electron chi connectivity index (χ3n) is 5.14. The third-order valence-corrected chi connectivity index (χ3v) is 5.44. The standard InChI is InChI=1S/C24H24N2O3S/c1-28-23-5-3-2-4-21(23)26-20-12-13-29-22-11-8-17(14-19(20)22)24(27)25-15-16-6-9-18(30)10-7-16/h2-11,14,20,26,30H,12-13,15H2,1H3,(H,25,27). The first-order valence-electron chi connectivity index (χ1n) is 9.86. The normalized spacial score (nSPS) is 14.9. The van der Waals surface area contributed by atoms with E-state index in [-0.39, 0.29) is 11.9 Å². The Bertz CT molecular complexity index is 1040. The number of fused-ring (bicyclic) bond motifs is 1. The van der Waals surface area contributed by atoms with Crippen LogP contribution in [0.25, 0.3) is 0 Å². The maximum atomic E-state index is 12.7. The van der Waals surface area contributed by atoms with Crippen LogP contribution in [0.5, 0.6) is 11.5 Å². The first-order valence-corrected chi connectivity index (χ1v) is 10.3. The van der Waals surface area contributed by atoms with Gasteiger partial charge in [-0.1, -0.05) is 24.3 Å². The van der Waals surface area contributed by atoms with E-state index in [0.717, 1.165) is 39.6 Å². The van der Waals surface area contributed by atoms with E-state index in [2.05, 4.69) is 23.3 Å². The molecule has 3 aromatic carbocycles. The topological polar surface area (TPSA) is 59.6 Å². The van der Waals surface area contributed by atoms with E-state index >= 15 is 0 Å². The Morgan fingerprint density at radius 1 is 1.13 bits per heavy atom. The number of hydrogen-bond acceptors (Lipinski definition) is 5. The van der Waals surface area contributed by atoms with Crippen molar-refractivity contribution in [1.82, 2.24) is 5.32 Å². The van der Waals surface area contributed by atoms with Crippen LogP contribution in [0.15, 0.2) is 71.6 Å². The lowest BCUT2D eigenvalue weighted by Gasteiger charge is -2.28. The molecule has 0 radical (unpaired) electrons. The number of carbonyl (C=O) groups is 1. The molecular weight excluding hydrogens is 396 g/mol. The summed E-state index contributed by atoms with van der Waals surface area (Å²) in [5.41, 5.74) is 3.52. The van der Waals surface area contributed by atoms with Crippen molar-refractivity contribution in [3.05, 3.63) is 83.4 Å². The van der Waals surface area contributed by atoms with Crippen LogP contribution in [0.1, 0.15) is 33.9 Å². The number of methoxy groups -OCH3 is 1. The summed E-state index contributed by atoms with van der Waals surface area (Å²) in [7, 11) is 1.66. The molecule has 3 aromatic rings. The summed E-state index contributed by atoms with van der Waals surface area (Å²) in [6.07, 6.45) is 0.798. The van der Waals surface area contributed by atoms with Gasteiger partial charge < -0.3 is 20.1 Å². The van der Waals surface area contributed by atoms with E-state index in [0.29, 0.717) is 18.7 Å². The van der Waals surface area contributed by atoms with E-state index in [9.17, 15) is 4.79 Å². The zero-order chi connectivity index (χ0) is 20.9. The first kappa shape index (κ1) is 20.2. The molecule has 0 bridgehead atoms. The van der Waals surface area contributed by atoms with Crippen molar-refractivity contribution < 1.29 is 14.3 Å². The lowest BCUT2D eigenvalue weighted by Crippen LogP contribution is -2.25. The summed E-state index contributed by atoms with van der Waals surface area (Å²) in [5.74, 6) is 1.47. The Kier molecular flexibility index (Phi) is 6.14. The smallest absolute Gasteiger partial charge is 0.251 e. The average Bonchev–Trinajstić information content (AvgIpc) is 2.79. The Hall–Kier alpha value is -3.12. The van der Waals surface area contributed by atoms with E-state index in [1.165, 1.54) is 0 Å². The SMILES string of the molecule is COc1ccccc1NC1CCOc2ccc(C(=O)NCc3ccc(S)cc3)cc21. The van der Waals surface area contributed by atoms with Gasteiger partial charge in [-0.3, -0.25) is 4.79 Å². The first-order chi connectivity index (χ1) is 14.6. The van der Waals surface area contributed by atoms with Crippen LogP contribution >= 0.6 is 12.6 Å². The summed E-state index contributed by atoms with van der Waals surface area (Å²) >= 11 is 4.29. The maximum absolute atomic E-state index is 12.7. The molecule has 1 heterocycles. The van der Waals surface area contributed by atoms with Gasteiger partial charge in [-0.25, -0.2) is 0 Å². The van der Waals surface area contributed by atoms with Gasteiger partial charge in [-0.15, -0.1) is 12.6 Å². The predicted molar refractivity (Wildman–Crippen MR) is 121 cm³/mol. The zero-order valence-corrected chi connectivity index (χ0v) is 17.6. The number of amides is 1. The molecule has 4 rings (SSSR count). The van der Waals surface area contributed by atoms with Crippen molar-refractivity contribution in [3.63, 3.8) is 0 Å². The highest BCUT2D eigenvalue weighted by molar-refractivity contribution is 7.80. The molecule has 0 saturated heterocycles. The monoisotopic (exact) mass is 420 g/mol. The second kappa shape index (κ2) is 9.13. The molecule has 154 valence electrons. The summed E-state index contributed by atoms with van der Waals surface area (Å²) in [6.45, 7) is 1.08. The second-order valence-electron chi connectivity index (χ2n) is 7.14. The number of carbonyl (C=O) groups excluding carboxylic acids is 1. The number of anilines is 1. The van der Waals surface area contributed by atoms with Crippen LogP contribution in [0.4, 0.5) is 5.69 Å². The maximum Gasteiger partial charge on any atom is 0.251 e. The molecule has 1 aliphatic heterocycles. The van der Waals surface area contributed by atoms with Gasteiger partial charge >= 0.3 is 0 Å². The van der Waals surface area contributed by atoms with Gasteiger partial charge in [0, 0.05) is 29.0 Å². The second-order valence-corrected chi connectivity index (χ2v) is 7.65. The van der Waals surface area contributed by atoms with Crippen LogP contribution in [0, 0.1) is 0 Å². The van der Waals surface area contributed by atoms with E-state index in [1.807, 2.05) is 60.7 Å². The van der Waals surface area contributed by atoms with Crippen LogP contribution in [-0.4, -0.2) is 19.6 Å². The molecule has 0 aliphatic carbocycles. The Balaban J connectivity index is 1.51. The molecule has 1 unspecified atom stereocenters. The highest BCUT2D eigenvalue weighted by Crippen LogP contribution is 2.37. The Labute approximate surface area is 181 Å². The summed E-state index contributed by atoms with van der Waals surface area (Å²) in [5, 5.41) is 6.52. The summed E-state index contributed by atoms with van der Waals surface area (Å²) in [4.78, 5) is 13.6. The molecule has 0 aromatic heterocycles. The molecule has 0 fully saturated rings. The predicted octanol–water partition coefficient (Wildman–Crippen LogP) is 4.85. The number of para-hydroxylation sites is 2. The molecular formula is C24H24N2O3S. The minimum atomic E-state index is -0.116. The van der Waals surface area contributed by atoms with Crippen LogP contribution < -0.4 is 20.1 Å². The van der Waals surface area contributed by atoms with Crippen molar-refractivity contribution in [3.8, 4) is 11.5 Å². The molecule has 6 heteroatoms. The summed E-state index contributed by atoms with van der Waals surface area (Å²) < 4.78 is 11.3. The quantitative estimate of drug-likeness (QED) is 0.499. The highest BCUT2D eigenvalue weighted by atomic mass is 32.1. The van der Waals surface area contributed by atoms with Gasteiger partial charge in [0.25, 0.3) is 5.91 Å². The van der Waals surface area contributed by atoms with Crippen LogP contribution in [-0.2, 0) is 6.54 Å². The van der Waals surface area contributed by atoms with Gasteiger partial charge in [-0.2, -0.15) is 0 Å². The third kappa shape index (κ3) is 4.54. The van der Waals surface area contributed by atoms with Crippen molar-refractivity contribution in [2.75, 3.05) is 19.0 Å². The van der Waals surface area contributed by atoms with Gasteiger partial charge in [0.1, 0.15) is 11.5 Å². The molecule has 0 spiro atoms. The van der Waals surface area contributed by atoms with Crippen molar-refractivity contribution in [1.29, 1.82) is 0 Å². The fraction of sp³-hybridized carbons (Fsp3) is 0.208. The zero-order valence-electron chi connectivity index (χ0n) is 16.7. The molecule has 0 saturated carbocycles. The molecule has 2 N–H and O–H groups in total. The Morgan fingerprint density at radius 3 is 2.73 bits per heavy atom. The lowest BCUT2D eigenvalue weighted by molar-refractivity contribution is 0.0950. The average molecular weight is 421 g/mol. The number of ether oxygens (including phenoxy) is 2. The fourth-order valence-electron chi connectivity index (χ4n) is 3.54. The van der Waals surface area contributed by atoms with Crippen molar-refractivity contribution in [2.24, 2.45) is 0 Å². The van der Waals surface area contributed by atoms with Crippen molar-refractivity contribution in [2.45, 2.75) is 23.9 Å². The molecule has 1 amide bonds. The van der Waals surface area contributed by atoms with Crippen LogP contribution in [0.3, 0.4) is 0 Å². The number of nitrogens with one attached hydrogen (secondary N) is 2. The highest BCUT2D eigenvalue weighted by Gasteiger charge is 2.23. The number of thiol groups is 1. The van der Waals surface area contributed by atoms with Gasteiger partial charge in [0.05, 0.1) is 25.4 Å². The largest absolute Gasteiger partial charge is 0.495 e. The van der Waals surface area contributed by atoms with E-state index in [4.69, 9.17) is 9.47 Å². The van der Waals surface area contributed by atoms with E-state index < -0.39 is 0 Å². The number of rotatable bonds is 6. The lowest BCUT2D eigenvalue weighted by atomic mass is 9.97. The Morgan fingerprint density at radius 2 is 1.93 bits per heavy atom. The minimum Gasteiger partial charge on any atom is -0.495 e. The van der Waals surface area contributed by atoms with E-state index in [1.54, 1.807) is 13.2 Å². The molecule has 30 heavy (non-hydrogen) atoms. The van der Waals surface area contributed by atoms with Crippen molar-refractivity contribution >= 4 is 24.2 Å². The minimum absolute atomic E-state index is 0.0285. The van der Waals surface area contributed by atoms with Crippen LogP contribution in [0.2, 0.25) is 0 Å². The molecule has 1 aliphatic rings. The number of hydrogen-bond donors (Lipinski definition) is 3. The summed E-state index contributed by atoms with van der Waals surface area (Å²) in [6, 6.07) is 21.2. The molecule has 5 nitrogen and oxygen atoms in total.